The predicted molar refractivity (Wildman–Crippen MR) is 80.9 cm³/mol. The zero-order valence-corrected chi connectivity index (χ0v) is 13.8. The van der Waals surface area contributed by atoms with Crippen molar-refractivity contribution >= 4 is 69.8 Å². The average molecular weight is 378 g/mol. The van der Waals surface area contributed by atoms with Crippen LogP contribution in [0.5, 0.6) is 0 Å². The van der Waals surface area contributed by atoms with E-state index in [1.807, 2.05) is 6.26 Å². The molecule has 0 unspecified atom stereocenters. The molecule has 0 radical (unpaired) electrons. The Morgan fingerprint density at radius 2 is 1.32 bits per heavy atom. The quantitative estimate of drug-likeness (QED) is 0.658. The van der Waals surface area contributed by atoms with Gasteiger partial charge in [0.2, 0.25) is 0 Å². The summed E-state index contributed by atoms with van der Waals surface area (Å²) < 4.78 is 0. The average Bonchev–Trinajstić information content (AvgIpc) is 2.38. The number of aromatic nitrogens is 4. The molecule has 0 bridgehead atoms. The Kier molecular flexibility index (Phi) is 7.42. The van der Waals surface area contributed by atoms with E-state index in [-0.39, 0.29) is 10.3 Å². The highest BCUT2D eigenvalue weighted by molar-refractivity contribution is 7.98. The summed E-state index contributed by atoms with van der Waals surface area (Å²) in [5.41, 5.74) is 0. The van der Waals surface area contributed by atoms with Crippen molar-refractivity contribution in [3.63, 3.8) is 0 Å². The molecular formula is C9H5Cl5N4S. The third-order valence-corrected chi connectivity index (χ3v) is 3.76. The Labute approximate surface area is 138 Å². The fourth-order valence-corrected chi connectivity index (χ4v) is 2.22. The van der Waals surface area contributed by atoms with Crippen LogP contribution in [-0.2, 0) is 0 Å². The Hall–Kier alpha value is -0.0400. The van der Waals surface area contributed by atoms with Gasteiger partial charge in [0.15, 0.2) is 20.6 Å². The van der Waals surface area contributed by atoms with Crippen LogP contribution in [0.3, 0.4) is 0 Å². The first-order chi connectivity index (χ1) is 8.93. The van der Waals surface area contributed by atoms with Gasteiger partial charge in [-0.05, 0) is 18.4 Å². The lowest BCUT2D eigenvalue weighted by atomic mass is 10.6. The second-order valence-electron chi connectivity index (χ2n) is 2.83. The summed E-state index contributed by atoms with van der Waals surface area (Å²) in [4.78, 5) is 0.849. The fraction of sp³-hybridized carbons (Fsp3) is 0.111. The first-order valence-electron chi connectivity index (χ1n) is 4.51. The van der Waals surface area contributed by atoms with Crippen molar-refractivity contribution in [1.29, 1.82) is 0 Å². The monoisotopic (exact) mass is 376 g/mol. The lowest BCUT2D eigenvalue weighted by Crippen LogP contribution is -1.84. The van der Waals surface area contributed by atoms with E-state index in [0.717, 1.165) is 4.90 Å². The van der Waals surface area contributed by atoms with Crippen LogP contribution >= 0.6 is 69.8 Å². The standard InChI is InChI=1S/C5H4Cl2N2S.C4HCl3N2/c1-10-3-2-4(6)8-9-5(3)7;5-2-1-3(6)8-9-4(2)7/h2H,1H3;1H. The minimum absolute atomic E-state index is 0.168. The topological polar surface area (TPSA) is 51.6 Å². The molecule has 0 aromatic carbocycles. The number of halogens is 5. The zero-order valence-electron chi connectivity index (χ0n) is 9.24. The Balaban J connectivity index is 0.000000191. The highest BCUT2D eigenvalue weighted by Gasteiger charge is 2.00. The van der Waals surface area contributed by atoms with Crippen LogP contribution in [0.4, 0.5) is 0 Å². The van der Waals surface area contributed by atoms with E-state index in [1.165, 1.54) is 17.8 Å². The lowest BCUT2D eigenvalue weighted by molar-refractivity contribution is 0.999. The van der Waals surface area contributed by atoms with Gasteiger partial charge in [-0.25, -0.2) is 0 Å². The Morgan fingerprint density at radius 1 is 0.789 bits per heavy atom. The molecule has 0 N–H and O–H groups in total. The highest BCUT2D eigenvalue weighted by atomic mass is 35.5. The summed E-state index contributed by atoms with van der Waals surface area (Å²) in [5.74, 6) is 0. The van der Waals surface area contributed by atoms with E-state index in [0.29, 0.717) is 15.3 Å². The van der Waals surface area contributed by atoms with Crippen molar-refractivity contribution in [2.24, 2.45) is 0 Å². The maximum atomic E-state index is 5.64. The predicted octanol–water partition coefficient (Wildman–Crippen LogP) is 4.94. The minimum Gasteiger partial charge on any atom is -0.137 e. The van der Waals surface area contributed by atoms with E-state index in [4.69, 9.17) is 58.0 Å². The van der Waals surface area contributed by atoms with Gasteiger partial charge in [-0.3, -0.25) is 0 Å². The van der Waals surface area contributed by atoms with Gasteiger partial charge in [-0.1, -0.05) is 58.0 Å². The molecule has 2 heterocycles. The number of hydrogen-bond donors (Lipinski definition) is 0. The van der Waals surface area contributed by atoms with Crippen molar-refractivity contribution in [1.82, 2.24) is 20.4 Å². The maximum Gasteiger partial charge on any atom is 0.170 e. The van der Waals surface area contributed by atoms with Gasteiger partial charge >= 0.3 is 0 Å². The molecule has 0 spiro atoms. The maximum absolute atomic E-state index is 5.64. The van der Waals surface area contributed by atoms with Gasteiger partial charge < -0.3 is 0 Å². The molecule has 0 aliphatic carbocycles. The second-order valence-corrected chi connectivity index (χ2v) is 5.58. The van der Waals surface area contributed by atoms with Crippen LogP contribution in [0, 0.1) is 0 Å². The molecule has 0 saturated carbocycles. The van der Waals surface area contributed by atoms with E-state index in [2.05, 4.69) is 20.4 Å². The van der Waals surface area contributed by atoms with E-state index >= 15 is 0 Å². The molecular weight excluding hydrogens is 373 g/mol. The summed E-state index contributed by atoms with van der Waals surface area (Å²) in [7, 11) is 0. The number of thioether (sulfide) groups is 1. The highest BCUT2D eigenvalue weighted by Crippen LogP contribution is 2.23. The minimum atomic E-state index is 0.168. The van der Waals surface area contributed by atoms with Crippen LogP contribution < -0.4 is 0 Å². The summed E-state index contributed by atoms with van der Waals surface area (Å²) in [5, 5.41) is 15.5. The molecule has 10 heteroatoms. The Bertz CT molecular complexity index is 568. The van der Waals surface area contributed by atoms with Crippen molar-refractivity contribution in [3.8, 4) is 0 Å². The molecule has 0 aliphatic rings. The van der Waals surface area contributed by atoms with E-state index < -0.39 is 0 Å². The summed E-state index contributed by atoms with van der Waals surface area (Å²) >= 11 is 29.0. The summed E-state index contributed by atoms with van der Waals surface area (Å²) in [6, 6.07) is 3.11. The van der Waals surface area contributed by atoms with Crippen molar-refractivity contribution in [3.05, 3.63) is 37.8 Å². The first-order valence-corrected chi connectivity index (χ1v) is 7.62. The van der Waals surface area contributed by atoms with Crippen molar-refractivity contribution < 1.29 is 0 Å². The van der Waals surface area contributed by atoms with Crippen LogP contribution in [0.15, 0.2) is 17.0 Å². The molecule has 2 rings (SSSR count). The van der Waals surface area contributed by atoms with E-state index in [9.17, 15) is 0 Å². The molecule has 2 aromatic heterocycles. The molecule has 2 aromatic rings. The molecule has 0 fully saturated rings. The molecule has 19 heavy (non-hydrogen) atoms. The largest absolute Gasteiger partial charge is 0.170 e. The number of hydrogen-bond acceptors (Lipinski definition) is 5. The smallest absolute Gasteiger partial charge is 0.137 e. The van der Waals surface area contributed by atoms with Crippen LogP contribution in [0.1, 0.15) is 0 Å². The Morgan fingerprint density at radius 3 is 1.74 bits per heavy atom. The van der Waals surface area contributed by atoms with Crippen LogP contribution in [0.2, 0.25) is 25.6 Å². The normalized spacial score (nSPS) is 9.79. The molecule has 102 valence electrons. The summed E-state index contributed by atoms with van der Waals surface area (Å²) in [6.45, 7) is 0. The van der Waals surface area contributed by atoms with Crippen molar-refractivity contribution in [2.75, 3.05) is 6.26 Å². The molecule has 4 nitrogen and oxygen atoms in total. The van der Waals surface area contributed by atoms with E-state index in [1.54, 1.807) is 6.07 Å². The third-order valence-electron chi connectivity index (χ3n) is 1.58. The zero-order chi connectivity index (χ0) is 14.4. The van der Waals surface area contributed by atoms with Gasteiger partial charge in [0.1, 0.15) is 0 Å². The lowest BCUT2D eigenvalue weighted by Gasteiger charge is -1.96. The van der Waals surface area contributed by atoms with Gasteiger partial charge in [0.25, 0.3) is 0 Å². The third kappa shape index (κ3) is 5.85. The van der Waals surface area contributed by atoms with Crippen LogP contribution in [0.25, 0.3) is 0 Å². The SMILES string of the molecule is CSc1cc(Cl)nnc1Cl.Clc1cc(Cl)c(Cl)nn1. The molecule has 0 saturated heterocycles. The molecule has 0 aliphatic heterocycles. The fourth-order valence-electron chi connectivity index (χ4n) is 0.813. The molecule has 0 atom stereocenters. The van der Waals surface area contributed by atoms with Gasteiger partial charge in [0, 0.05) is 4.90 Å². The summed E-state index contributed by atoms with van der Waals surface area (Å²) in [6.07, 6.45) is 1.90. The van der Waals surface area contributed by atoms with Crippen LogP contribution in [-0.4, -0.2) is 26.7 Å². The van der Waals surface area contributed by atoms with Gasteiger partial charge in [-0.2, -0.15) is 0 Å². The number of rotatable bonds is 1. The second kappa shape index (κ2) is 8.29. The number of nitrogens with zero attached hydrogens (tertiary/aromatic N) is 4. The van der Waals surface area contributed by atoms with Gasteiger partial charge in [-0.15, -0.1) is 32.2 Å². The first kappa shape index (κ1) is 17.0. The van der Waals surface area contributed by atoms with Gasteiger partial charge in [0.05, 0.1) is 5.02 Å². The van der Waals surface area contributed by atoms with Crippen molar-refractivity contribution in [2.45, 2.75) is 4.90 Å². The molecule has 0 amide bonds.